The fourth-order valence-electron chi connectivity index (χ4n) is 2.51. The molecule has 2 aromatic carbocycles. The minimum absolute atomic E-state index is 0.0735. The summed E-state index contributed by atoms with van der Waals surface area (Å²) in [5.41, 5.74) is 2.28. The van der Waals surface area contributed by atoms with Crippen LogP contribution >= 0.6 is 0 Å². The number of amides is 1. The first-order valence-electron chi connectivity index (χ1n) is 8.77. The van der Waals surface area contributed by atoms with Gasteiger partial charge in [-0.3, -0.25) is 14.9 Å². The first kappa shape index (κ1) is 20.4. The van der Waals surface area contributed by atoms with Gasteiger partial charge in [0.2, 0.25) is 0 Å². The average Bonchev–Trinajstić information content (AvgIpc) is 2.66. The van der Waals surface area contributed by atoms with Gasteiger partial charge >= 0.3 is 0 Å². The molecule has 0 aromatic heterocycles. The van der Waals surface area contributed by atoms with Crippen molar-refractivity contribution in [2.45, 2.75) is 33.3 Å². The summed E-state index contributed by atoms with van der Waals surface area (Å²) in [7, 11) is 1.57. The molecule has 0 radical (unpaired) electrons. The maximum Gasteiger partial charge on any atom is 0.271 e. The SMILES string of the molecule is CCCCOCc1cc(C(=O)Nc2cc([N+](=O)[O-])ccc2C)ccc1OC. The number of carbonyl (C=O) groups excluding carboxylic acids is 1. The van der Waals surface area contributed by atoms with Crippen LogP contribution in [0, 0.1) is 17.0 Å². The molecule has 0 spiro atoms. The maximum atomic E-state index is 12.6. The smallest absolute Gasteiger partial charge is 0.271 e. The molecule has 1 N–H and O–H groups in total. The Hall–Kier alpha value is -2.93. The first-order valence-corrected chi connectivity index (χ1v) is 8.77. The predicted molar refractivity (Wildman–Crippen MR) is 103 cm³/mol. The number of nitrogens with one attached hydrogen (secondary N) is 1. The molecule has 0 bridgehead atoms. The Morgan fingerprint density at radius 2 is 2.00 bits per heavy atom. The van der Waals surface area contributed by atoms with Crippen LogP contribution in [0.2, 0.25) is 0 Å². The van der Waals surface area contributed by atoms with E-state index in [-0.39, 0.29) is 11.6 Å². The second kappa shape index (κ2) is 9.68. The van der Waals surface area contributed by atoms with Crippen molar-refractivity contribution in [1.29, 1.82) is 0 Å². The third-order valence-electron chi connectivity index (χ3n) is 4.12. The molecule has 7 nitrogen and oxygen atoms in total. The van der Waals surface area contributed by atoms with Gasteiger partial charge in [-0.25, -0.2) is 0 Å². The number of anilines is 1. The maximum absolute atomic E-state index is 12.6. The van der Waals surface area contributed by atoms with Crippen molar-refractivity contribution in [3.8, 4) is 5.75 Å². The number of nitrogens with zero attached hydrogens (tertiary/aromatic N) is 1. The fraction of sp³-hybridized carbons (Fsp3) is 0.350. The topological polar surface area (TPSA) is 90.7 Å². The Morgan fingerprint density at radius 3 is 2.67 bits per heavy atom. The van der Waals surface area contributed by atoms with Gasteiger partial charge in [0.25, 0.3) is 11.6 Å². The highest BCUT2D eigenvalue weighted by molar-refractivity contribution is 6.05. The molecule has 0 aliphatic carbocycles. The van der Waals surface area contributed by atoms with E-state index in [9.17, 15) is 14.9 Å². The number of ether oxygens (including phenoxy) is 2. The van der Waals surface area contributed by atoms with Crippen LogP contribution in [0.15, 0.2) is 36.4 Å². The lowest BCUT2D eigenvalue weighted by molar-refractivity contribution is -0.384. The molecule has 27 heavy (non-hydrogen) atoms. The minimum atomic E-state index is -0.492. The highest BCUT2D eigenvalue weighted by Gasteiger charge is 2.14. The zero-order chi connectivity index (χ0) is 19.8. The second-order valence-electron chi connectivity index (χ2n) is 6.14. The van der Waals surface area contributed by atoms with E-state index in [0.29, 0.717) is 30.2 Å². The molecule has 0 fully saturated rings. The zero-order valence-corrected chi connectivity index (χ0v) is 15.8. The van der Waals surface area contributed by atoms with Gasteiger partial charge in [-0.15, -0.1) is 0 Å². The van der Waals surface area contributed by atoms with Gasteiger partial charge in [-0.05, 0) is 37.1 Å². The van der Waals surface area contributed by atoms with Crippen LogP contribution in [-0.4, -0.2) is 24.5 Å². The van der Waals surface area contributed by atoms with Crippen LogP contribution in [-0.2, 0) is 11.3 Å². The lowest BCUT2D eigenvalue weighted by Gasteiger charge is -2.12. The van der Waals surface area contributed by atoms with E-state index in [0.717, 1.165) is 24.0 Å². The quantitative estimate of drug-likeness (QED) is 0.398. The lowest BCUT2D eigenvalue weighted by atomic mass is 10.1. The summed E-state index contributed by atoms with van der Waals surface area (Å²) >= 11 is 0. The van der Waals surface area contributed by atoms with Crippen molar-refractivity contribution in [3.63, 3.8) is 0 Å². The standard InChI is InChI=1S/C20H24N2O5/c1-4-5-10-27-13-16-11-15(7-9-19(16)26-3)20(23)21-18-12-17(22(24)25)8-6-14(18)2/h6-9,11-12H,4-5,10,13H2,1-3H3,(H,21,23). The predicted octanol–water partition coefficient (Wildman–Crippen LogP) is 4.48. The van der Waals surface area contributed by atoms with Crippen LogP contribution in [0.25, 0.3) is 0 Å². The molecular weight excluding hydrogens is 348 g/mol. The minimum Gasteiger partial charge on any atom is -0.496 e. The van der Waals surface area contributed by atoms with Crippen LogP contribution in [0.5, 0.6) is 5.75 Å². The highest BCUT2D eigenvalue weighted by Crippen LogP contribution is 2.24. The number of rotatable bonds is 9. The van der Waals surface area contributed by atoms with Crippen molar-refractivity contribution < 1.29 is 19.2 Å². The van der Waals surface area contributed by atoms with Crippen LogP contribution in [0.3, 0.4) is 0 Å². The van der Waals surface area contributed by atoms with E-state index in [1.807, 2.05) is 0 Å². The number of carbonyl (C=O) groups is 1. The summed E-state index contributed by atoms with van der Waals surface area (Å²) in [6.45, 7) is 4.86. The zero-order valence-electron chi connectivity index (χ0n) is 15.8. The van der Waals surface area contributed by atoms with E-state index in [1.54, 1.807) is 38.3 Å². The Labute approximate surface area is 158 Å². The lowest BCUT2D eigenvalue weighted by Crippen LogP contribution is -2.13. The molecule has 7 heteroatoms. The molecule has 2 aromatic rings. The van der Waals surface area contributed by atoms with E-state index in [4.69, 9.17) is 9.47 Å². The fourth-order valence-corrected chi connectivity index (χ4v) is 2.51. The Balaban J connectivity index is 2.18. The number of nitro benzene ring substituents is 1. The number of non-ortho nitro benzene ring substituents is 1. The van der Waals surface area contributed by atoms with Crippen molar-refractivity contribution in [2.75, 3.05) is 19.0 Å². The van der Waals surface area contributed by atoms with Crippen molar-refractivity contribution in [3.05, 3.63) is 63.2 Å². The molecule has 0 unspecified atom stereocenters. The largest absolute Gasteiger partial charge is 0.496 e. The van der Waals surface area contributed by atoms with Crippen LogP contribution in [0.4, 0.5) is 11.4 Å². The van der Waals surface area contributed by atoms with Gasteiger partial charge in [-0.1, -0.05) is 19.4 Å². The number of unbranched alkanes of at least 4 members (excludes halogenated alkanes) is 1. The molecule has 0 aliphatic heterocycles. The number of hydrogen-bond acceptors (Lipinski definition) is 5. The van der Waals surface area contributed by atoms with Crippen molar-refractivity contribution in [2.24, 2.45) is 0 Å². The Bertz CT molecular complexity index is 820. The number of aryl methyl sites for hydroxylation is 1. The summed E-state index contributed by atoms with van der Waals surface area (Å²) < 4.78 is 11.0. The average molecular weight is 372 g/mol. The molecule has 0 heterocycles. The van der Waals surface area contributed by atoms with E-state index in [1.165, 1.54) is 12.1 Å². The van der Waals surface area contributed by atoms with Crippen molar-refractivity contribution in [1.82, 2.24) is 0 Å². The van der Waals surface area contributed by atoms with Crippen LogP contribution in [0.1, 0.15) is 41.3 Å². The molecule has 1 amide bonds. The molecule has 0 saturated carbocycles. The summed E-state index contributed by atoms with van der Waals surface area (Å²) in [5, 5.41) is 13.7. The summed E-state index contributed by atoms with van der Waals surface area (Å²) in [4.78, 5) is 23.1. The van der Waals surface area contributed by atoms with Gasteiger partial charge in [0.1, 0.15) is 5.75 Å². The third-order valence-corrected chi connectivity index (χ3v) is 4.12. The summed E-state index contributed by atoms with van der Waals surface area (Å²) in [6.07, 6.45) is 2.01. The van der Waals surface area contributed by atoms with E-state index in [2.05, 4.69) is 12.2 Å². The van der Waals surface area contributed by atoms with Crippen LogP contribution < -0.4 is 10.1 Å². The van der Waals surface area contributed by atoms with Gasteiger partial charge in [0, 0.05) is 29.9 Å². The second-order valence-corrected chi connectivity index (χ2v) is 6.14. The van der Waals surface area contributed by atoms with Gasteiger partial charge in [0.15, 0.2) is 0 Å². The summed E-state index contributed by atoms with van der Waals surface area (Å²) in [5.74, 6) is 0.297. The monoisotopic (exact) mass is 372 g/mol. The molecule has 2 rings (SSSR count). The van der Waals surface area contributed by atoms with E-state index >= 15 is 0 Å². The highest BCUT2D eigenvalue weighted by atomic mass is 16.6. The molecule has 0 aliphatic rings. The molecule has 0 saturated heterocycles. The molecule has 0 atom stereocenters. The van der Waals surface area contributed by atoms with Crippen molar-refractivity contribution >= 4 is 17.3 Å². The number of hydrogen-bond donors (Lipinski definition) is 1. The Kier molecular flexibility index (Phi) is 7.31. The molecule has 144 valence electrons. The first-order chi connectivity index (χ1) is 13.0. The van der Waals surface area contributed by atoms with E-state index < -0.39 is 4.92 Å². The number of benzene rings is 2. The number of methoxy groups -OCH3 is 1. The Morgan fingerprint density at radius 1 is 1.22 bits per heavy atom. The third kappa shape index (κ3) is 5.52. The normalized spacial score (nSPS) is 10.5. The van der Waals surface area contributed by atoms with Gasteiger partial charge in [-0.2, -0.15) is 0 Å². The molecular formula is C20H24N2O5. The summed E-state index contributed by atoms with van der Waals surface area (Å²) in [6, 6.07) is 9.45. The number of nitro groups is 1. The van der Waals surface area contributed by atoms with Gasteiger partial charge < -0.3 is 14.8 Å². The van der Waals surface area contributed by atoms with Gasteiger partial charge in [0.05, 0.1) is 24.3 Å².